The van der Waals surface area contributed by atoms with Gasteiger partial charge in [0.05, 0.1) is 5.69 Å². The summed E-state index contributed by atoms with van der Waals surface area (Å²) in [4.78, 5) is 37.5. The summed E-state index contributed by atoms with van der Waals surface area (Å²) < 4.78 is 5.55. The summed E-state index contributed by atoms with van der Waals surface area (Å²) >= 11 is 0. The molecule has 1 saturated carbocycles. The van der Waals surface area contributed by atoms with Gasteiger partial charge in [0.2, 0.25) is 5.91 Å². The van der Waals surface area contributed by atoms with E-state index in [1.54, 1.807) is 25.1 Å². The Bertz CT molecular complexity index is 986. The van der Waals surface area contributed by atoms with Gasteiger partial charge in [-0.05, 0) is 43.5 Å². The Morgan fingerprint density at radius 2 is 1.87 bits per heavy atom. The molecular weight excluding hydrogens is 396 g/mol. The van der Waals surface area contributed by atoms with Crippen molar-refractivity contribution in [2.45, 2.75) is 50.8 Å². The first-order valence-electron chi connectivity index (χ1n) is 10.5. The van der Waals surface area contributed by atoms with Crippen LogP contribution < -0.4 is 26.0 Å². The van der Waals surface area contributed by atoms with Crippen LogP contribution in [0.4, 0.5) is 16.2 Å². The normalized spacial score (nSPS) is 18.9. The maximum Gasteiger partial charge on any atom is 0.315 e. The Morgan fingerprint density at radius 3 is 2.61 bits per heavy atom. The summed E-state index contributed by atoms with van der Waals surface area (Å²) in [6.07, 6.45) is 2.30. The van der Waals surface area contributed by atoms with Crippen LogP contribution in [0.2, 0.25) is 0 Å². The average Bonchev–Trinajstić information content (AvgIpc) is 3.24. The summed E-state index contributed by atoms with van der Waals surface area (Å²) in [7, 11) is 0. The molecule has 0 saturated heterocycles. The summed E-state index contributed by atoms with van der Waals surface area (Å²) in [5.74, 6) is 0.0512. The monoisotopic (exact) mass is 422 g/mol. The number of anilines is 2. The molecule has 4 N–H and O–H groups in total. The molecule has 31 heavy (non-hydrogen) atoms. The first kappa shape index (κ1) is 20.7. The zero-order chi connectivity index (χ0) is 21.8. The van der Waals surface area contributed by atoms with E-state index in [-0.39, 0.29) is 17.8 Å². The molecule has 1 atom stereocenters. The molecule has 4 rings (SSSR count). The molecule has 1 heterocycles. The van der Waals surface area contributed by atoms with Crippen LogP contribution >= 0.6 is 0 Å². The number of carbonyl (C=O) groups is 3. The molecule has 8 nitrogen and oxygen atoms in total. The molecular formula is C23H26N4O4. The lowest BCUT2D eigenvalue weighted by molar-refractivity contribution is -0.123. The summed E-state index contributed by atoms with van der Waals surface area (Å²) in [6, 6.07) is 14.3. The third kappa shape index (κ3) is 4.63. The Balaban J connectivity index is 1.42. The highest BCUT2D eigenvalue weighted by Gasteiger charge is 2.42. The lowest BCUT2D eigenvalue weighted by Gasteiger charge is -2.29. The lowest BCUT2D eigenvalue weighted by Crippen LogP contribution is -2.57. The van der Waals surface area contributed by atoms with Crippen molar-refractivity contribution in [2.75, 3.05) is 10.6 Å². The quantitative estimate of drug-likeness (QED) is 0.593. The second-order valence-electron chi connectivity index (χ2n) is 8.00. The second-order valence-corrected chi connectivity index (χ2v) is 8.00. The average molecular weight is 422 g/mol. The minimum atomic E-state index is -0.967. The minimum Gasteiger partial charge on any atom is -0.479 e. The van der Waals surface area contributed by atoms with Gasteiger partial charge in [-0.15, -0.1) is 0 Å². The highest BCUT2D eigenvalue weighted by atomic mass is 16.5. The van der Waals surface area contributed by atoms with Gasteiger partial charge in [0.15, 0.2) is 6.10 Å². The van der Waals surface area contributed by atoms with Crippen molar-refractivity contribution in [3.05, 3.63) is 54.1 Å². The first-order chi connectivity index (χ1) is 14.9. The van der Waals surface area contributed by atoms with Crippen molar-refractivity contribution in [2.24, 2.45) is 0 Å². The van der Waals surface area contributed by atoms with Crippen LogP contribution in [0.15, 0.2) is 48.5 Å². The highest BCUT2D eigenvalue weighted by Crippen LogP contribution is 2.34. The zero-order valence-electron chi connectivity index (χ0n) is 17.4. The van der Waals surface area contributed by atoms with E-state index >= 15 is 0 Å². The molecule has 1 unspecified atom stereocenters. The third-order valence-corrected chi connectivity index (χ3v) is 5.71. The largest absolute Gasteiger partial charge is 0.479 e. The maximum atomic E-state index is 13.2. The molecule has 2 aromatic rings. The second kappa shape index (κ2) is 8.67. The molecule has 8 heteroatoms. The Labute approximate surface area is 180 Å². The third-order valence-electron chi connectivity index (χ3n) is 5.71. The fourth-order valence-corrected chi connectivity index (χ4v) is 3.96. The van der Waals surface area contributed by atoms with E-state index in [2.05, 4.69) is 21.3 Å². The van der Waals surface area contributed by atoms with Crippen LogP contribution in [0, 0.1) is 0 Å². The Morgan fingerprint density at radius 1 is 1.13 bits per heavy atom. The molecule has 0 radical (unpaired) electrons. The summed E-state index contributed by atoms with van der Waals surface area (Å²) in [6.45, 7) is 2.06. The van der Waals surface area contributed by atoms with E-state index in [0.29, 0.717) is 36.5 Å². The van der Waals surface area contributed by atoms with Crippen LogP contribution in [0.25, 0.3) is 0 Å². The van der Waals surface area contributed by atoms with Gasteiger partial charge in [-0.25, -0.2) is 4.79 Å². The predicted molar refractivity (Wildman–Crippen MR) is 117 cm³/mol. The molecule has 0 aromatic heterocycles. The zero-order valence-corrected chi connectivity index (χ0v) is 17.4. The molecule has 162 valence electrons. The summed E-state index contributed by atoms with van der Waals surface area (Å²) in [5.41, 5.74) is 1.05. The molecule has 0 bridgehead atoms. The number of fused-ring (bicyclic) bond motifs is 1. The van der Waals surface area contributed by atoms with Gasteiger partial charge in [0.1, 0.15) is 11.3 Å². The first-order valence-corrected chi connectivity index (χ1v) is 10.5. The number of benzene rings is 2. The van der Waals surface area contributed by atoms with Gasteiger partial charge in [-0.3, -0.25) is 9.59 Å². The van der Waals surface area contributed by atoms with Gasteiger partial charge in [0, 0.05) is 12.2 Å². The van der Waals surface area contributed by atoms with Gasteiger partial charge in [-0.2, -0.15) is 0 Å². The number of ether oxygens (including phenoxy) is 1. The molecule has 1 fully saturated rings. The van der Waals surface area contributed by atoms with Crippen LogP contribution in [-0.4, -0.2) is 29.5 Å². The highest BCUT2D eigenvalue weighted by molar-refractivity contribution is 6.02. The van der Waals surface area contributed by atoms with E-state index < -0.39 is 11.6 Å². The number of nitrogens with one attached hydrogen (secondary N) is 4. The maximum absolute atomic E-state index is 13.2. The molecule has 4 amide bonds. The smallest absolute Gasteiger partial charge is 0.315 e. The van der Waals surface area contributed by atoms with Crippen LogP contribution in [0.3, 0.4) is 0 Å². The van der Waals surface area contributed by atoms with Crippen LogP contribution in [0.5, 0.6) is 5.75 Å². The number of hydrogen-bond acceptors (Lipinski definition) is 4. The van der Waals surface area contributed by atoms with E-state index in [4.69, 9.17) is 4.74 Å². The van der Waals surface area contributed by atoms with Gasteiger partial charge in [-0.1, -0.05) is 43.2 Å². The van der Waals surface area contributed by atoms with Crippen molar-refractivity contribution in [1.29, 1.82) is 0 Å². The van der Waals surface area contributed by atoms with Gasteiger partial charge in [0.25, 0.3) is 5.91 Å². The standard InChI is InChI=1S/C23H26N4O4/c1-15-20(28)26-18-13-17(9-10-19(18)31-15)25-21(29)23(11-5-6-12-23)27-22(30)24-14-16-7-3-2-4-8-16/h2-4,7-10,13,15H,5-6,11-12,14H2,1H3,(H,25,29)(H,26,28)(H2,24,27,30). The number of urea groups is 1. The van der Waals surface area contributed by atoms with E-state index in [0.717, 1.165) is 18.4 Å². The summed E-state index contributed by atoms with van der Waals surface area (Å²) in [5, 5.41) is 11.4. The molecule has 0 spiro atoms. The molecule has 1 aliphatic carbocycles. The fraction of sp³-hybridized carbons (Fsp3) is 0.348. The van der Waals surface area contributed by atoms with E-state index in [9.17, 15) is 14.4 Å². The van der Waals surface area contributed by atoms with Crippen molar-refractivity contribution >= 4 is 29.2 Å². The minimum absolute atomic E-state index is 0.236. The number of rotatable bonds is 5. The van der Waals surface area contributed by atoms with E-state index in [1.165, 1.54) is 0 Å². The van der Waals surface area contributed by atoms with Crippen molar-refractivity contribution in [3.63, 3.8) is 0 Å². The predicted octanol–water partition coefficient (Wildman–Crippen LogP) is 3.16. The SMILES string of the molecule is CC1Oc2ccc(NC(=O)C3(NC(=O)NCc4ccccc4)CCCC3)cc2NC1=O. The van der Waals surface area contributed by atoms with E-state index in [1.807, 2.05) is 30.3 Å². The van der Waals surface area contributed by atoms with Crippen LogP contribution in [-0.2, 0) is 16.1 Å². The Hall–Kier alpha value is -3.55. The van der Waals surface area contributed by atoms with Gasteiger partial charge >= 0.3 is 6.03 Å². The lowest BCUT2D eigenvalue weighted by atomic mass is 9.96. The topological polar surface area (TPSA) is 109 Å². The van der Waals surface area contributed by atoms with Crippen molar-refractivity contribution in [3.8, 4) is 5.75 Å². The molecule has 2 aliphatic rings. The van der Waals surface area contributed by atoms with Gasteiger partial charge < -0.3 is 26.0 Å². The number of carbonyl (C=O) groups excluding carboxylic acids is 3. The molecule has 1 aliphatic heterocycles. The fourth-order valence-electron chi connectivity index (χ4n) is 3.96. The number of hydrogen-bond donors (Lipinski definition) is 4. The molecule has 2 aromatic carbocycles. The van der Waals surface area contributed by atoms with Crippen LogP contribution in [0.1, 0.15) is 38.2 Å². The van der Waals surface area contributed by atoms with Crippen molar-refractivity contribution < 1.29 is 19.1 Å². The Kier molecular flexibility index (Phi) is 5.79. The van der Waals surface area contributed by atoms with Crippen molar-refractivity contribution in [1.82, 2.24) is 10.6 Å². The number of amides is 4.